The second-order valence-electron chi connectivity index (χ2n) is 1.53. The molecule has 0 aromatic heterocycles. The van der Waals surface area contributed by atoms with Crippen molar-refractivity contribution in [3.05, 3.63) is 0 Å². The second-order valence-corrected chi connectivity index (χ2v) is 1.53. The monoisotopic (exact) mass is 128 g/mol. The Balaban J connectivity index is 2.74. The largest absolute Gasteiger partial charge is 0.317 e. The molecule has 1 amide bonds. The number of Topliss-reactive ketones (excluding diaryl/α,β-unsaturated/α-hetero) is 1. The maximum Gasteiger partial charge on any atom is 0.317 e. The number of carbonyl (C=O) groups is 2. The summed E-state index contributed by atoms with van der Waals surface area (Å²) >= 11 is 0. The van der Waals surface area contributed by atoms with E-state index in [-0.39, 0.29) is 12.3 Å². The minimum atomic E-state index is -0.869. The first-order chi connectivity index (χ1) is 4.22. The predicted octanol–water partition coefficient (Wildman–Crippen LogP) is -1.36. The second kappa shape index (κ2) is 1.94. The molecule has 1 rings (SSSR count). The summed E-state index contributed by atoms with van der Waals surface area (Å²) in [6.07, 6.45) is 0. The Hall–Kier alpha value is -1.23. The van der Waals surface area contributed by atoms with E-state index in [1.807, 2.05) is 5.48 Å². The lowest BCUT2D eigenvalue weighted by Crippen LogP contribution is -2.44. The van der Waals surface area contributed by atoms with Crippen LogP contribution < -0.4 is 5.48 Å². The van der Waals surface area contributed by atoms with Crippen LogP contribution in [0.5, 0.6) is 0 Å². The van der Waals surface area contributed by atoms with Crippen LogP contribution in [0.15, 0.2) is 0 Å². The van der Waals surface area contributed by atoms with Crippen molar-refractivity contribution in [2.24, 2.45) is 0 Å². The molecule has 1 aliphatic rings. The number of carbonyl (C=O) groups excluding carboxylic acids is 2. The van der Waals surface area contributed by atoms with Crippen LogP contribution in [0, 0.1) is 5.41 Å². The molecule has 9 heavy (non-hydrogen) atoms. The fourth-order valence-corrected chi connectivity index (χ4v) is 0.423. The highest BCUT2D eigenvalue weighted by Gasteiger charge is 2.23. The van der Waals surface area contributed by atoms with Crippen molar-refractivity contribution in [2.75, 3.05) is 6.61 Å². The minimum Gasteiger partial charge on any atom is -0.299 e. The van der Waals surface area contributed by atoms with E-state index in [4.69, 9.17) is 5.41 Å². The molecule has 48 valence electrons. The molecule has 0 aromatic carbocycles. The van der Waals surface area contributed by atoms with Gasteiger partial charge in [0.1, 0.15) is 12.3 Å². The van der Waals surface area contributed by atoms with Gasteiger partial charge in [-0.05, 0) is 0 Å². The highest BCUT2D eigenvalue weighted by molar-refractivity contribution is 6.64. The van der Waals surface area contributed by atoms with Gasteiger partial charge in [0.15, 0.2) is 0 Å². The Morgan fingerprint density at radius 1 is 1.56 bits per heavy atom. The molecule has 5 nitrogen and oxygen atoms in total. The summed E-state index contributed by atoms with van der Waals surface area (Å²) in [6, 6.07) is 0. The average molecular weight is 128 g/mol. The molecule has 0 atom stereocenters. The van der Waals surface area contributed by atoms with Gasteiger partial charge in [-0.3, -0.25) is 19.8 Å². The topological polar surface area (TPSA) is 79.2 Å². The predicted molar refractivity (Wildman–Crippen MR) is 26.8 cm³/mol. The Morgan fingerprint density at radius 2 is 2.22 bits per heavy atom. The number of hydrogen-bond donors (Lipinski definition) is 2. The quantitative estimate of drug-likeness (QED) is 0.395. The molecule has 2 N–H and O–H groups in total. The van der Waals surface area contributed by atoms with E-state index >= 15 is 0 Å². The SMILES string of the molecule is N=C1CONC(=O)C1=O. The normalized spacial score (nSPS) is 19.8. The zero-order valence-corrected chi connectivity index (χ0v) is 4.43. The first kappa shape index (κ1) is 5.90. The van der Waals surface area contributed by atoms with E-state index in [2.05, 4.69) is 4.84 Å². The summed E-state index contributed by atoms with van der Waals surface area (Å²) in [5.41, 5.74) is 1.53. The molecule has 5 heteroatoms. The molecule has 0 radical (unpaired) electrons. The van der Waals surface area contributed by atoms with E-state index in [0.29, 0.717) is 0 Å². The van der Waals surface area contributed by atoms with Crippen LogP contribution in [0.1, 0.15) is 0 Å². The number of hydrogen-bond acceptors (Lipinski definition) is 4. The van der Waals surface area contributed by atoms with Crippen LogP contribution in [-0.4, -0.2) is 24.0 Å². The lowest BCUT2D eigenvalue weighted by molar-refractivity contribution is -0.144. The Kier molecular flexibility index (Phi) is 1.27. The van der Waals surface area contributed by atoms with Gasteiger partial charge in [-0.1, -0.05) is 0 Å². The molecule has 0 aromatic rings. The summed E-state index contributed by atoms with van der Waals surface area (Å²) in [6.45, 7) is -0.134. The van der Waals surface area contributed by atoms with Crippen molar-refractivity contribution < 1.29 is 14.4 Å². The molecule has 0 saturated carbocycles. The molecule has 1 aliphatic heterocycles. The van der Waals surface area contributed by atoms with Crippen LogP contribution in [0.25, 0.3) is 0 Å². The van der Waals surface area contributed by atoms with Crippen molar-refractivity contribution in [1.29, 1.82) is 5.41 Å². The zero-order chi connectivity index (χ0) is 6.85. The number of hydroxylamine groups is 1. The van der Waals surface area contributed by atoms with Crippen LogP contribution in [0.3, 0.4) is 0 Å². The molecule has 0 unspecified atom stereocenters. The highest BCUT2D eigenvalue weighted by atomic mass is 16.7. The maximum absolute atomic E-state index is 10.4. The lowest BCUT2D eigenvalue weighted by Gasteiger charge is -2.09. The Morgan fingerprint density at radius 3 is 2.67 bits per heavy atom. The first-order valence-corrected chi connectivity index (χ1v) is 2.25. The van der Waals surface area contributed by atoms with E-state index in [1.165, 1.54) is 0 Å². The smallest absolute Gasteiger partial charge is 0.299 e. The van der Waals surface area contributed by atoms with Crippen LogP contribution in [0.2, 0.25) is 0 Å². The third-order valence-electron chi connectivity index (χ3n) is 0.862. The van der Waals surface area contributed by atoms with Gasteiger partial charge in [-0.15, -0.1) is 0 Å². The van der Waals surface area contributed by atoms with Crippen molar-refractivity contribution in [3.8, 4) is 0 Å². The fraction of sp³-hybridized carbons (Fsp3) is 0.250. The van der Waals surface area contributed by atoms with Gasteiger partial charge in [-0.2, -0.15) is 0 Å². The molecule has 1 fully saturated rings. The Labute approximate surface area is 50.5 Å². The molecule has 0 bridgehead atoms. The summed E-state index contributed by atoms with van der Waals surface area (Å²) in [4.78, 5) is 25.0. The van der Waals surface area contributed by atoms with E-state index in [0.717, 1.165) is 0 Å². The van der Waals surface area contributed by atoms with Crippen molar-refractivity contribution >= 4 is 17.4 Å². The zero-order valence-electron chi connectivity index (χ0n) is 4.43. The average Bonchev–Trinajstić information content (AvgIpc) is 1.83. The number of amides is 1. The van der Waals surface area contributed by atoms with Crippen molar-refractivity contribution in [2.45, 2.75) is 0 Å². The molecule has 1 heterocycles. The summed E-state index contributed by atoms with van der Waals surface area (Å²) < 4.78 is 0. The van der Waals surface area contributed by atoms with Crippen molar-refractivity contribution in [1.82, 2.24) is 5.48 Å². The van der Waals surface area contributed by atoms with Crippen LogP contribution >= 0.6 is 0 Å². The van der Waals surface area contributed by atoms with E-state index in [9.17, 15) is 9.59 Å². The van der Waals surface area contributed by atoms with Gasteiger partial charge in [0.2, 0.25) is 0 Å². The molecular formula is C4H4N2O3. The molecule has 0 spiro atoms. The van der Waals surface area contributed by atoms with Gasteiger partial charge in [-0.25, -0.2) is 5.48 Å². The third kappa shape index (κ3) is 0.945. The number of rotatable bonds is 0. The minimum absolute atomic E-state index is 0.134. The molecule has 0 aliphatic carbocycles. The van der Waals surface area contributed by atoms with Gasteiger partial charge in [0.05, 0.1) is 0 Å². The first-order valence-electron chi connectivity index (χ1n) is 2.25. The molecule has 1 saturated heterocycles. The van der Waals surface area contributed by atoms with Gasteiger partial charge >= 0.3 is 5.91 Å². The number of ketones is 1. The van der Waals surface area contributed by atoms with Gasteiger partial charge in [0, 0.05) is 0 Å². The third-order valence-corrected chi connectivity index (χ3v) is 0.862. The summed E-state index contributed by atoms with van der Waals surface area (Å²) in [5.74, 6) is -1.69. The van der Waals surface area contributed by atoms with E-state index < -0.39 is 11.7 Å². The summed E-state index contributed by atoms with van der Waals surface area (Å²) in [5, 5.41) is 6.79. The van der Waals surface area contributed by atoms with Crippen LogP contribution in [0.4, 0.5) is 0 Å². The van der Waals surface area contributed by atoms with Gasteiger partial charge < -0.3 is 0 Å². The van der Waals surface area contributed by atoms with Gasteiger partial charge in [0.25, 0.3) is 5.78 Å². The van der Waals surface area contributed by atoms with E-state index in [1.54, 1.807) is 0 Å². The van der Waals surface area contributed by atoms with Crippen LogP contribution in [-0.2, 0) is 14.4 Å². The Bertz CT molecular complexity index is 168. The fourth-order valence-electron chi connectivity index (χ4n) is 0.423. The molecular weight excluding hydrogens is 124 g/mol. The number of nitrogens with one attached hydrogen (secondary N) is 2. The maximum atomic E-state index is 10.4. The van der Waals surface area contributed by atoms with Crippen molar-refractivity contribution in [3.63, 3.8) is 0 Å². The summed E-state index contributed by atoms with van der Waals surface area (Å²) in [7, 11) is 0. The lowest BCUT2D eigenvalue weighted by atomic mass is 10.2. The standard InChI is InChI=1S/C4H4N2O3/c5-2-1-9-6-4(8)3(2)7/h5H,1H2,(H,6,8). The highest BCUT2D eigenvalue weighted by Crippen LogP contribution is 1.86.